The van der Waals surface area contributed by atoms with E-state index in [0.29, 0.717) is 6.61 Å². The molecule has 0 aliphatic rings. The highest BCUT2D eigenvalue weighted by atomic mass is 16.5. The molecule has 3 N–H and O–H groups in total. The molecular formula is C11H26N2O2. The van der Waals surface area contributed by atoms with Gasteiger partial charge >= 0.3 is 0 Å². The quantitative estimate of drug-likeness (QED) is 0.489. The predicted octanol–water partition coefficient (Wildman–Crippen LogP) is 0.362. The van der Waals surface area contributed by atoms with Gasteiger partial charge in [0, 0.05) is 19.7 Å². The summed E-state index contributed by atoms with van der Waals surface area (Å²) in [6.07, 6.45) is 0.741. The lowest BCUT2D eigenvalue weighted by atomic mass is 9.94. The number of ether oxygens (including phenoxy) is 1. The normalized spacial score (nSPS) is 17.4. The molecule has 0 saturated heterocycles. The summed E-state index contributed by atoms with van der Waals surface area (Å²) in [4.78, 5) is 0. The van der Waals surface area contributed by atoms with Gasteiger partial charge in [-0.2, -0.15) is 0 Å². The number of rotatable bonds is 9. The van der Waals surface area contributed by atoms with Crippen molar-refractivity contribution in [3.05, 3.63) is 0 Å². The van der Waals surface area contributed by atoms with Crippen molar-refractivity contribution < 1.29 is 9.84 Å². The lowest BCUT2D eigenvalue weighted by molar-refractivity contribution is 0.0180. The van der Waals surface area contributed by atoms with Crippen molar-refractivity contribution in [1.29, 1.82) is 0 Å². The average Bonchev–Trinajstić information content (AvgIpc) is 2.18. The predicted molar refractivity (Wildman–Crippen MR) is 63.1 cm³/mol. The maximum atomic E-state index is 10.1. The van der Waals surface area contributed by atoms with Crippen LogP contribution in [0.4, 0.5) is 0 Å². The van der Waals surface area contributed by atoms with Crippen LogP contribution >= 0.6 is 0 Å². The Kier molecular flexibility index (Phi) is 7.96. The second-order valence-corrected chi connectivity index (χ2v) is 4.13. The number of hydrogen-bond donors (Lipinski definition) is 3. The second-order valence-electron chi connectivity index (χ2n) is 4.13. The zero-order chi connectivity index (χ0) is 11.7. The topological polar surface area (TPSA) is 53.5 Å². The molecule has 0 aliphatic carbocycles. The van der Waals surface area contributed by atoms with E-state index >= 15 is 0 Å². The molecule has 0 bridgehead atoms. The van der Waals surface area contributed by atoms with Gasteiger partial charge in [-0.1, -0.05) is 6.92 Å². The molecule has 92 valence electrons. The Morgan fingerprint density at radius 2 is 2.07 bits per heavy atom. The largest absolute Gasteiger partial charge is 0.389 e. The third-order valence-electron chi connectivity index (χ3n) is 2.73. The molecule has 0 amide bonds. The summed E-state index contributed by atoms with van der Waals surface area (Å²) in [5.41, 5.74) is -0.657. The molecular weight excluding hydrogens is 192 g/mol. The fourth-order valence-electron chi connectivity index (χ4n) is 1.38. The Morgan fingerprint density at radius 1 is 1.40 bits per heavy atom. The average molecular weight is 218 g/mol. The molecule has 0 aliphatic heterocycles. The van der Waals surface area contributed by atoms with Crippen molar-refractivity contribution in [3.63, 3.8) is 0 Å². The number of nitrogens with one attached hydrogen (secondary N) is 2. The van der Waals surface area contributed by atoms with Crippen LogP contribution in [0.2, 0.25) is 0 Å². The van der Waals surface area contributed by atoms with Gasteiger partial charge in [0.15, 0.2) is 0 Å². The highest BCUT2D eigenvalue weighted by molar-refractivity contribution is 4.84. The number of methoxy groups -OCH3 is 1. The van der Waals surface area contributed by atoms with Gasteiger partial charge in [0.1, 0.15) is 0 Å². The lowest BCUT2D eigenvalue weighted by Crippen LogP contribution is -2.48. The Balaban J connectivity index is 3.63. The summed E-state index contributed by atoms with van der Waals surface area (Å²) in [6, 6.07) is 0.117. The minimum atomic E-state index is -0.657. The van der Waals surface area contributed by atoms with Gasteiger partial charge in [-0.3, -0.25) is 0 Å². The Hall–Kier alpha value is -0.160. The molecule has 0 aromatic heterocycles. The standard InChI is InChI=1S/C11H26N2O2/c1-5-13-10(2)11(3,14)6-7-12-8-9-15-4/h10,12-14H,5-9H2,1-4H3. The molecule has 0 spiro atoms. The fourth-order valence-corrected chi connectivity index (χ4v) is 1.38. The third-order valence-corrected chi connectivity index (χ3v) is 2.73. The van der Waals surface area contributed by atoms with Crippen LogP contribution < -0.4 is 10.6 Å². The molecule has 0 heterocycles. The van der Waals surface area contributed by atoms with Crippen molar-refractivity contribution in [1.82, 2.24) is 10.6 Å². The molecule has 0 fully saturated rings. The van der Waals surface area contributed by atoms with E-state index in [1.807, 2.05) is 20.8 Å². The molecule has 2 atom stereocenters. The Labute approximate surface area is 93.4 Å². The van der Waals surface area contributed by atoms with Gasteiger partial charge in [0.05, 0.1) is 12.2 Å². The van der Waals surface area contributed by atoms with Crippen molar-refractivity contribution >= 4 is 0 Å². The summed E-state index contributed by atoms with van der Waals surface area (Å²) in [5, 5.41) is 16.6. The third kappa shape index (κ3) is 6.84. The van der Waals surface area contributed by atoms with Gasteiger partial charge in [0.2, 0.25) is 0 Å². The van der Waals surface area contributed by atoms with E-state index in [1.165, 1.54) is 0 Å². The van der Waals surface area contributed by atoms with E-state index in [4.69, 9.17) is 4.74 Å². The van der Waals surface area contributed by atoms with Gasteiger partial charge in [-0.15, -0.1) is 0 Å². The van der Waals surface area contributed by atoms with Gasteiger partial charge in [0.25, 0.3) is 0 Å². The molecule has 4 nitrogen and oxygen atoms in total. The maximum absolute atomic E-state index is 10.1. The fraction of sp³-hybridized carbons (Fsp3) is 1.00. The molecule has 0 rings (SSSR count). The SMILES string of the molecule is CCNC(C)C(C)(O)CCNCCOC. The first-order valence-corrected chi connectivity index (χ1v) is 5.70. The van der Waals surface area contributed by atoms with Crippen LogP contribution in [0, 0.1) is 0 Å². The monoisotopic (exact) mass is 218 g/mol. The number of hydrogen-bond acceptors (Lipinski definition) is 4. The summed E-state index contributed by atoms with van der Waals surface area (Å²) in [6.45, 7) is 9.17. The van der Waals surface area contributed by atoms with Crippen LogP contribution in [-0.4, -0.2) is 50.1 Å². The minimum Gasteiger partial charge on any atom is -0.389 e. The molecule has 15 heavy (non-hydrogen) atoms. The summed E-state index contributed by atoms with van der Waals surface area (Å²) in [7, 11) is 1.69. The van der Waals surface area contributed by atoms with Crippen LogP contribution in [0.1, 0.15) is 27.2 Å². The van der Waals surface area contributed by atoms with E-state index in [-0.39, 0.29) is 6.04 Å². The van der Waals surface area contributed by atoms with E-state index in [1.54, 1.807) is 7.11 Å². The van der Waals surface area contributed by atoms with Crippen LogP contribution in [0.25, 0.3) is 0 Å². The zero-order valence-electron chi connectivity index (χ0n) is 10.5. The molecule has 0 radical (unpaired) electrons. The Morgan fingerprint density at radius 3 is 2.60 bits per heavy atom. The summed E-state index contributed by atoms with van der Waals surface area (Å²) >= 11 is 0. The molecule has 0 saturated carbocycles. The van der Waals surface area contributed by atoms with Crippen molar-refractivity contribution in [2.45, 2.75) is 38.8 Å². The van der Waals surface area contributed by atoms with E-state index < -0.39 is 5.60 Å². The lowest BCUT2D eigenvalue weighted by Gasteiger charge is -2.31. The van der Waals surface area contributed by atoms with Crippen LogP contribution in [0.15, 0.2) is 0 Å². The minimum absolute atomic E-state index is 0.117. The summed E-state index contributed by atoms with van der Waals surface area (Å²) < 4.78 is 4.92. The van der Waals surface area contributed by atoms with Crippen molar-refractivity contribution in [2.24, 2.45) is 0 Å². The van der Waals surface area contributed by atoms with Crippen LogP contribution in [0.5, 0.6) is 0 Å². The first kappa shape index (κ1) is 14.8. The molecule has 0 aromatic carbocycles. The maximum Gasteiger partial charge on any atom is 0.0781 e. The van der Waals surface area contributed by atoms with Gasteiger partial charge < -0.3 is 20.5 Å². The van der Waals surface area contributed by atoms with E-state index in [9.17, 15) is 5.11 Å². The first-order chi connectivity index (χ1) is 7.04. The molecule has 0 aromatic rings. The van der Waals surface area contributed by atoms with Crippen molar-refractivity contribution in [3.8, 4) is 0 Å². The second kappa shape index (κ2) is 8.05. The number of aliphatic hydroxyl groups is 1. The highest BCUT2D eigenvalue weighted by Crippen LogP contribution is 2.13. The number of likely N-dealkylation sites (N-methyl/N-ethyl adjacent to an activating group) is 1. The van der Waals surface area contributed by atoms with E-state index in [0.717, 1.165) is 26.1 Å². The molecule has 4 heteroatoms. The highest BCUT2D eigenvalue weighted by Gasteiger charge is 2.26. The van der Waals surface area contributed by atoms with Crippen molar-refractivity contribution in [2.75, 3.05) is 33.4 Å². The van der Waals surface area contributed by atoms with Crippen LogP contribution in [-0.2, 0) is 4.74 Å². The zero-order valence-corrected chi connectivity index (χ0v) is 10.5. The van der Waals surface area contributed by atoms with Gasteiger partial charge in [-0.25, -0.2) is 0 Å². The first-order valence-electron chi connectivity index (χ1n) is 5.70. The van der Waals surface area contributed by atoms with Crippen LogP contribution in [0.3, 0.4) is 0 Å². The molecule has 2 unspecified atom stereocenters. The van der Waals surface area contributed by atoms with E-state index in [2.05, 4.69) is 10.6 Å². The summed E-state index contributed by atoms with van der Waals surface area (Å²) in [5.74, 6) is 0. The smallest absolute Gasteiger partial charge is 0.0781 e. The van der Waals surface area contributed by atoms with Gasteiger partial charge in [-0.05, 0) is 33.4 Å². The Bertz CT molecular complexity index is 152.